The monoisotopic (exact) mass is 474 g/mol. The van der Waals surface area contributed by atoms with Gasteiger partial charge in [0.05, 0.1) is 10.1 Å². The van der Waals surface area contributed by atoms with E-state index in [1.807, 2.05) is 0 Å². The maximum absolute atomic E-state index is 12.6. The quantitative estimate of drug-likeness (QED) is 0.453. The molecule has 0 aromatic carbocycles. The summed E-state index contributed by atoms with van der Waals surface area (Å²) >= 11 is 24.6. The molecule has 148 valence electrons. The standard InChI is InChI=1S/C16H15Cl4O6P/c1-9(21)15(19)7-3-5-11(17)13(15)25-27(23,24)26-14-12(18)6-4-8-16(14,20)10(2)22/h3-8,13-14H,1-2H3,(H,23,24). The van der Waals surface area contributed by atoms with Gasteiger partial charge in [0.15, 0.2) is 21.3 Å². The molecule has 11 heteroatoms. The highest BCUT2D eigenvalue weighted by Crippen LogP contribution is 2.54. The van der Waals surface area contributed by atoms with Crippen LogP contribution in [0.1, 0.15) is 13.8 Å². The van der Waals surface area contributed by atoms with E-state index >= 15 is 0 Å². The van der Waals surface area contributed by atoms with Crippen LogP contribution in [0.4, 0.5) is 0 Å². The number of hydrogen-bond acceptors (Lipinski definition) is 5. The summed E-state index contributed by atoms with van der Waals surface area (Å²) in [6.45, 7) is 2.36. The van der Waals surface area contributed by atoms with Gasteiger partial charge in [0.25, 0.3) is 0 Å². The number of phosphoric ester groups is 1. The largest absolute Gasteiger partial charge is 0.473 e. The van der Waals surface area contributed by atoms with Crippen LogP contribution >= 0.6 is 54.2 Å². The molecule has 4 atom stereocenters. The van der Waals surface area contributed by atoms with Gasteiger partial charge in [0, 0.05) is 0 Å². The van der Waals surface area contributed by atoms with Gasteiger partial charge in [-0.3, -0.25) is 18.6 Å². The highest BCUT2D eigenvalue weighted by Gasteiger charge is 2.51. The van der Waals surface area contributed by atoms with Crippen molar-refractivity contribution in [2.24, 2.45) is 0 Å². The van der Waals surface area contributed by atoms with E-state index in [-0.39, 0.29) is 10.1 Å². The number of carbonyl (C=O) groups is 2. The number of carbonyl (C=O) groups excluding carboxylic acids is 2. The minimum Gasteiger partial charge on any atom is -0.302 e. The highest BCUT2D eigenvalue weighted by atomic mass is 35.5. The van der Waals surface area contributed by atoms with Gasteiger partial charge < -0.3 is 4.89 Å². The molecule has 0 heterocycles. The summed E-state index contributed by atoms with van der Waals surface area (Å²) in [5, 5.41) is -0.177. The number of hydrogen-bond donors (Lipinski definition) is 1. The van der Waals surface area contributed by atoms with Crippen LogP contribution in [0.5, 0.6) is 0 Å². The molecule has 2 rings (SSSR count). The molecular formula is C16H15Cl4O6P. The summed E-state index contributed by atoms with van der Waals surface area (Å²) in [7, 11) is -4.94. The van der Waals surface area contributed by atoms with E-state index in [0.717, 1.165) is 0 Å². The van der Waals surface area contributed by atoms with Crippen molar-refractivity contribution in [2.75, 3.05) is 0 Å². The van der Waals surface area contributed by atoms with Crippen molar-refractivity contribution >= 4 is 65.8 Å². The maximum atomic E-state index is 12.6. The fraction of sp³-hybridized carbons (Fsp3) is 0.375. The van der Waals surface area contributed by atoms with E-state index in [4.69, 9.17) is 55.5 Å². The molecule has 2 aliphatic rings. The van der Waals surface area contributed by atoms with Crippen LogP contribution in [0.25, 0.3) is 0 Å². The number of rotatable bonds is 6. The first kappa shape index (κ1) is 22.9. The molecule has 0 bridgehead atoms. The Bertz CT molecular complexity index is 771. The van der Waals surface area contributed by atoms with Crippen molar-refractivity contribution in [3.8, 4) is 0 Å². The molecule has 0 aliphatic heterocycles. The Morgan fingerprint density at radius 3 is 1.59 bits per heavy atom. The van der Waals surface area contributed by atoms with E-state index < -0.39 is 41.3 Å². The van der Waals surface area contributed by atoms with Crippen molar-refractivity contribution in [3.63, 3.8) is 0 Å². The molecular weight excluding hydrogens is 461 g/mol. The van der Waals surface area contributed by atoms with E-state index in [0.29, 0.717) is 0 Å². The maximum Gasteiger partial charge on any atom is 0.473 e. The third kappa shape index (κ3) is 4.60. The Balaban J connectivity index is 2.32. The lowest BCUT2D eigenvalue weighted by Crippen LogP contribution is -2.46. The molecule has 0 spiro atoms. The van der Waals surface area contributed by atoms with E-state index in [1.165, 1.54) is 50.3 Å². The first-order valence-corrected chi connectivity index (χ1v) is 10.5. The van der Waals surface area contributed by atoms with Gasteiger partial charge in [-0.25, -0.2) is 4.57 Å². The van der Waals surface area contributed by atoms with Crippen LogP contribution in [0, 0.1) is 0 Å². The second-order valence-corrected chi connectivity index (χ2v) is 9.39. The highest BCUT2D eigenvalue weighted by molar-refractivity contribution is 7.47. The normalized spacial score (nSPS) is 35.2. The van der Waals surface area contributed by atoms with Crippen molar-refractivity contribution in [2.45, 2.75) is 35.8 Å². The number of Topliss-reactive ketones (excluding diaryl/α,β-unsaturated/α-hetero) is 2. The van der Waals surface area contributed by atoms with Gasteiger partial charge >= 0.3 is 7.82 Å². The molecule has 0 saturated heterocycles. The topological polar surface area (TPSA) is 89.9 Å². The summed E-state index contributed by atoms with van der Waals surface area (Å²) in [5.74, 6) is -1.13. The number of ketones is 2. The minimum atomic E-state index is -4.94. The second-order valence-electron chi connectivity index (χ2n) is 5.91. The zero-order valence-electron chi connectivity index (χ0n) is 14.1. The molecule has 0 aromatic rings. The first-order chi connectivity index (χ1) is 12.3. The molecule has 0 saturated carbocycles. The Hall–Kier alpha value is -0.430. The van der Waals surface area contributed by atoms with Crippen molar-refractivity contribution < 1.29 is 28.1 Å². The Kier molecular flexibility index (Phi) is 6.88. The number of allylic oxidation sites excluding steroid dienone is 4. The molecule has 0 fully saturated rings. The third-order valence-electron chi connectivity index (χ3n) is 4.01. The van der Waals surface area contributed by atoms with Gasteiger partial charge in [-0.2, -0.15) is 0 Å². The summed E-state index contributed by atoms with van der Waals surface area (Å²) < 4.78 is 22.8. The van der Waals surface area contributed by atoms with Crippen LogP contribution in [-0.2, 0) is 23.2 Å². The predicted octanol–water partition coefficient (Wildman–Crippen LogP) is 4.38. The first-order valence-electron chi connectivity index (χ1n) is 7.53. The fourth-order valence-electron chi connectivity index (χ4n) is 2.46. The lowest BCUT2D eigenvalue weighted by molar-refractivity contribution is -0.120. The molecule has 4 unspecified atom stereocenters. The zero-order chi connectivity index (χ0) is 20.6. The summed E-state index contributed by atoms with van der Waals surface area (Å²) in [4.78, 5) is 30.5. The van der Waals surface area contributed by atoms with Crippen LogP contribution in [0.3, 0.4) is 0 Å². The van der Waals surface area contributed by atoms with Crippen molar-refractivity contribution in [3.05, 3.63) is 46.5 Å². The van der Waals surface area contributed by atoms with Gasteiger partial charge in [0.1, 0.15) is 12.2 Å². The van der Waals surface area contributed by atoms with Gasteiger partial charge in [-0.15, -0.1) is 23.2 Å². The Morgan fingerprint density at radius 1 is 0.963 bits per heavy atom. The molecule has 1 N–H and O–H groups in total. The number of alkyl halides is 2. The van der Waals surface area contributed by atoms with Gasteiger partial charge in [-0.05, 0) is 26.0 Å². The predicted molar refractivity (Wildman–Crippen MR) is 104 cm³/mol. The van der Waals surface area contributed by atoms with E-state index in [9.17, 15) is 19.0 Å². The summed E-state index contributed by atoms with van der Waals surface area (Å²) in [6.07, 6.45) is 5.12. The van der Waals surface area contributed by atoms with Gasteiger partial charge in [0.2, 0.25) is 0 Å². The minimum absolute atomic E-state index is 0.0885. The lowest BCUT2D eigenvalue weighted by Gasteiger charge is -2.36. The van der Waals surface area contributed by atoms with Crippen LogP contribution < -0.4 is 0 Å². The third-order valence-corrected chi connectivity index (χ3v) is 6.79. The Labute approximate surface area is 176 Å². The van der Waals surface area contributed by atoms with Crippen molar-refractivity contribution in [1.29, 1.82) is 0 Å². The smallest absolute Gasteiger partial charge is 0.302 e. The summed E-state index contributed by atoms with van der Waals surface area (Å²) in [5.41, 5.74) is 0. The van der Waals surface area contributed by atoms with Crippen LogP contribution in [0.2, 0.25) is 0 Å². The van der Waals surface area contributed by atoms with Crippen molar-refractivity contribution in [1.82, 2.24) is 0 Å². The number of phosphoric acid groups is 1. The average Bonchev–Trinajstić information content (AvgIpc) is 2.54. The zero-order valence-corrected chi connectivity index (χ0v) is 18.0. The molecule has 2 aliphatic carbocycles. The Morgan fingerprint density at radius 2 is 1.30 bits per heavy atom. The molecule has 0 aromatic heterocycles. The summed E-state index contributed by atoms with van der Waals surface area (Å²) in [6, 6.07) is 0. The molecule has 6 nitrogen and oxygen atoms in total. The van der Waals surface area contributed by atoms with Crippen LogP contribution in [-0.4, -0.2) is 38.4 Å². The number of halogens is 4. The molecule has 0 radical (unpaired) electrons. The lowest BCUT2D eigenvalue weighted by atomic mass is 9.93. The molecule has 27 heavy (non-hydrogen) atoms. The van der Waals surface area contributed by atoms with Gasteiger partial charge in [-0.1, -0.05) is 47.5 Å². The average molecular weight is 476 g/mol. The van der Waals surface area contributed by atoms with E-state index in [2.05, 4.69) is 0 Å². The second kappa shape index (κ2) is 8.13. The fourth-order valence-corrected chi connectivity index (χ4v) is 5.01. The van der Waals surface area contributed by atoms with E-state index in [1.54, 1.807) is 0 Å². The molecule has 0 amide bonds. The van der Waals surface area contributed by atoms with Crippen LogP contribution in [0.15, 0.2) is 46.5 Å². The SMILES string of the molecule is CC(=O)C1(Cl)C=CC=C(Cl)C1OP(=O)(O)OC1C(Cl)=CC=CC1(Cl)C(C)=O.